The third-order valence-electron chi connectivity index (χ3n) is 5.55. The lowest BCUT2D eigenvalue weighted by atomic mass is 10.0. The molecule has 0 aromatic heterocycles. The molecule has 7 heteroatoms. The number of carbonyl (C=O) groups is 3. The molecule has 0 saturated carbocycles. The molecule has 7 nitrogen and oxygen atoms in total. The molecule has 2 aliphatic heterocycles. The summed E-state index contributed by atoms with van der Waals surface area (Å²) >= 11 is 0. The number of hydrogen-bond acceptors (Lipinski definition) is 4. The number of likely N-dealkylation sites (tertiary alicyclic amines) is 1. The van der Waals surface area contributed by atoms with Gasteiger partial charge in [0.25, 0.3) is 0 Å². The van der Waals surface area contributed by atoms with Crippen molar-refractivity contribution in [1.82, 2.24) is 9.80 Å². The van der Waals surface area contributed by atoms with Crippen LogP contribution in [0.5, 0.6) is 0 Å². The van der Waals surface area contributed by atoms with Gasteiger partial charge in [0.05, 0.1) is 6.61 Å². The van der Waals surface area contributed by atoms with Crippen molar-refractivity contribution in [3.63, 3.8) is 0 Å². The quantitative estimate of drug-likeness (QED) is 0.796. The van der Waals surface area contributed by atoms with Crippen molar-refractivity contribution in [2.75, 3.05) is 37.7 Å². The second-order valence-electron chi connectivity index (χ2n) is 7.34. The van der Waals surface area contributed by atoms with Crippen molar-refractivity contribution < 1.29 is 19.1 Å². The number of benzene rings is 1. The molecule has 0 aliphatic carbocycles. The fourth-order valence-corrected chi connectivity index (χ4v) is 4.10. The zero-order chi connectivity index (χ0) is 20.1. The highest BCUT2D eigenvalue weighted by Gasteiger charge is 2.32. The van der Waals surface area contributed by atoms with Crippen LogP contribution in [-0.2, 0) is 20.7 Å². The molecule has 0 atom stereocenters. The van der Waals surface area contributed by atoms with Crippen molar-refractivity contribution in [3.05, 3.63) is 29.8 Å². The Hall–Kier alpha value is -2.57. The lowest BCUT2D eigenvalue weighted by Crippen LogP contribution is -2.52. The van der Waals surface area contributed by atoms with E-state index >= 15 is 0 Å². The van der Waals surface area contributed by atoms with E-state index in [0.717, 1.165) is 18.5 Å². The smallest absolute Gasteiger partial charge is 0.409 e. The molecule has 1 saturated heterocycles. The Morgan fingerprint density at radius 3 is 2.54 bits per heavy atom. The van der Waals surface area contributed by atoms with Gasteiger partial charge in [0.15, 0.2) is 0 Å². The van der Waals surface area contributed by atoms with E-state index in [2.05, 4.69) is 6.07 Å². The van der Waals surface area contributed by atoms with E-state index in [-0.39, 0.29) is 30.5 Å². The van der Waals surface area contributed by atoms with Gasteiger partial charge in [-0.1, -0.05) is 18.2 Å². The van der Waals surface area contributed by atoms with E-state index in [9.17, 15) is 14.4 Å². The first-order valence-electron chi connectivity index (χ1n) is 10.1. The van der Waals surface area contributed by atoms with Crippen molar-refractivity contribution in [3.8, 4) is 0 Å². The lowest BCUT2D eigenvalue weighted by molar-refractivity contribution is -0.136. The van der Waals surface area contributed by atoms with E-state index in [4.69, 9.17) is 4.74 Å². The number of rotatable bonds is 4. The Bertz CT molecular complexity index is 728. The first-order valence-corrected chi connectivity index (χ1v) is 10.1. The third kappa shape index (κ3) is 4.46. The van der Waals surface area contributed by atoms with Crippen LogP contribution in [0.1, 0.15) is 38.7 Å². The van der Waals surface area contributed by atoms with Gasteiger partial charge in [-0.2, -0.15) is 0 Å². The molecule has 0 spiro atoms. The van der Waals surface area contributed by atoms with Crippen LogP contribution in [0.15, 0.2) is 24.3 Å². The standard InChI is InChI=1S/C21H29N3O4/c1-3-28-21(27)22-13-10-18(11-14-22)24(16(2)25)15-20(26)23-12-6-8-17-7-4-5-9-19(17)23/h4-5,7,9,18H,3,6,8,10-15H2,1-2H3. The van der Waals surface area contributed by atoms with E-state index in [1.165, 1.54) is 12.5 Å². The summed E-state index contributed by atoms with van der Waals surface area (Å²) in [6.45, 7) is 5.48. The number of amides is 3. The van der Waals surface area contributed by atoms with Gasteiger partial charge in [-0.3, -0.25) is 9.59 Å². The fourth-order valence-electron chi connectivity index (χ4n) is 4.10. The Labute approximate surface area is 166 Å². The van der Waals surface area contributed by atoms with Gasteiger partial charge in [0, 0.05) is 38.3 Å². The molecule has 1 fully saturated rings. The molecule has 28 heavy (non-hydrogen) atoms. The summed E-state index contributed by atoms with van der Waals surface area (Å²) in [7, 11) is 0. The van der Waals surface area contributed by atoms with Crippen LogP contribution < -0.4 is 4.90 Å². The number of anilines is 1. The van der Waals surface area contributed by atoms with Crippen LogP contribution in [0.4, 0.5) is 10.5 Å². The van der Waals surface area contributed by atoms with Crippen LogP contribution in [0.3, 0.4) is 0 Å². The summed E-state index contributed by atoms with van der Waals surface area (Å²) in [5, 5.41) is 0. The molecule has 1 aromatic carbocycles. The van der Waals surface area contributed by atoms with Crippen molar-refractivity contribution in [2.24, 2.45) is 0 Å². The molecule has 2 heterocycles. The summed E-state index contributed by atoms with van der Waals surface area (Å²) in [4.78, 5) is 42.3. The molecule has 0 unspecified atom stereocenters. The molecule has 3 rings (SSSR count). The summed E-state index contributed by atoms with van der Waals surface area (Å²) in [5.74, 6) is -0.150. The number of para-hydroxylation sites is 1. The first kappa shape index (κ1) is 20.2. The minimum atomic E-state index is -0.309. The average Bonchev–Trinajstić information content (AvgIpc) is 2.71. The minimum absolute atomic E-state index is 0.0350. The predicted molar refractivity (Wildman–Crippen MR) is 106 cm³/mol. The van der Waals surface area contributed by atoms with Gasteiger partial charge in [0.2, 0.25) is 11.8 Å². The highest BCUT2D eigenvalue weighted by atomic mass is 16.6. The summed E-state index contributed by atoms with van der Waals surface area (Å²) < 4.78 is 5.05. The zero-order valence-corrected chi connectivity index (χ0v) is 16.7. The number of nitrogens with zero attached hydrogens (tertiary/aromatic N) is 3. The number of carbonyl (C=O) groups excluding carboxylic acids is 3. The Kier molecular flexibility index (Phi) is 6.54. The van der Waals surface area contributed by atoms with E-state index in [0.29, 0.717) is 39.1 Å². The van der Waals surface area contributed by atoms with Gasteiger partial charge in [-0.25, -0.2) is 4.79 Å². The Morgan fingerprint density at radius 1 is 1.14 bits per heavy atom. The maximum atomic E-state index is 13.0. The summed E-state index contributed by atoms with van der Waals surface area (Å²) in [5.41, 5.74) is 2.14. The zero-order valence-electron chi connectivity index (χ0n) is 16.7. The summed E-state index contributed by atoms with van der Waals surface area (Å²) in [6, 6.07) is 7.93. The van der Waals surface area contributed by atoms with Gasteiger partial charge in [-0.05, 0) is 44.2 Å². The minimum Gasteiger partial charge on any atom is -0.450 e. The molecule has 152 valence electrons. The molecule has 0 N–H and O–H groups in total. The maximum Gasteiger partial charge on any atom is 0.409 e. The van der Waals surface area contributed by atoms with Gasteiger partial charge < -0.3 is 19.4 Å². The number of hydrogen-bond donors (Lipinski definition) is 0. The topological polar surface area (TPSA) is 70.2 Å². The van der Waals surface area contributed by atoms with E-state index < -0.39 is 0 Å². The van der Waals surface area contributed by atoms with Crippen molar-refractivity contribution in [2.45, 2.75) is 45.6 Å². The normalized spacial score (nSPS) is 17.1. The van der Waals surface area contributed by atoms with Crippen LogP contribution in [-0.4, -0.2) is 66.5 Å². The molecule has 2 aliphatic rings. The molecule has 1 aromatic rings. The van der Waals surface area contributed by atoms with Crippen molar-refractivity contribution >= 4 is 23.6 Å². The van der Waals surface area contributed by atoms with Gasteiger partial charge >= 0.3 is 6.09 Å². The number of aryl methyl sites for hydroxylation is 1. The molecule has 0 radical (unpaired) electrons. The monoisotopic (exact) mass is 387 g/mol. The third-order valence-corrected chi connectivity index (χ3v) is 5.55. The Morgan fingerprint density at radius 2 is 1.86 bits per heavy atom. The van der Waals surface area contributed by atoms with Crippen LogP contribution >= 0.6 is 0 Å². The predicted octanol–water partition coefficient (Wildman–Crippen LogP) is 2.44. The maximum absolute atomic E-state index is 13.0. The fraction of sp³-hybridized carbons (Fsp3) is 0.571. The number of piperidine rings is 1. The van der Waals surface area contributed by atoms with E-state index in [1.54, 1.807) is 16.7 Å². The number of ether oxygens (including phenoxy) is 1. The second-order valence-corrected chi connectivity index (χ2v) is 7.34. The summed E-state index contributed by atoms with van der Waals surface area (Å²) in [6.07, 6.45) is 2.91. The lowest BCUT2D eigenvalue weighted by Gasteiger charge is -2.38. The van der Waals surface area contributed by atoms with Crippen molar-refractivity contribution in [1.29, 1.82) is 0 Å². The molecule has 3 amide bonds. The average molecular weight is 387 g/mol. The molecule has 0 bridgehead atoms. The second kappa shape index (κ2) is 9.08. The highest BCUT2D eigenvalue weighted by Crippen LogP contribution is 2.27. The first-order chi connectivity index (χ1) is 13.5. The van der Waals surface area contributed by atoms with Gasteiger partial charge in [0.1, 0.15) is 6.54 Å². The SMILES string of the molecule is CCOC(=O)N1CCC(N(CC(=O)N2CCCc3ccccc32)C(C)=O)CC1. The highest BCUT2D eigenvalue weighted by molar-refractivity contribution is 5.97. The van der Waals surface area contributed by atoms with Crippen LogP contribution in [0.2, 0.25) is 0 Å². The van der Waals surface area contributed by atoms with Crippen LogP contribution in [0.25, 0.3) is 0 Å². The van der Waals surface area contributed by atoms with Crippen LogP contribution in [0, 0.1) is 0 Å². The number of fused-ring (bicyclic) bond motifs is 1. The van der Waals surface area contributed by atoms with Gasteiger partial charge in [-0.15, -0.1) is 0 Å². The molecular weight excluding hydrogens is 358 g/mol. The Balaban J connectivity index is 1.64. The van der Waals surface area contributed by atoms with E-state index in [1.807, 2.05) is 23.1 Å². The molecular formula is C21H29N3O4. The largest absolute Gasteiger partial charge is 0.450 e.